The van der Waals surface area contributed by atoms with E-state index in [0.717, 1.165) is 0 Å². The van der Waals surface area contributed by atoms with Crippen LogP contribution in [0.4, 0.5) is 4.79 Å². The summed E-state index contributed by atoms with van der Waals surface area (Å²) in [5.74, 6) is 1.23. The van der Waals surface area contributed by atoms with E-state index in [1.165, 1.54) is 18.8 Å². The summed E-state index contributed by atoms with van der Waals surface area (Å²) in [6, 6.07) is 10.3. The van der Waals surface area contributed by atoms with E-state index in [9.17, 15) is 14.4 Å². The smallest absolute Gasteiger partial charge is 0.409 e. The van der Waals surface area contributed by atoms with Gasteiger partial charge in [0.1, 0.15) is 5.75 Å². The van der Waals surface area contributed by atoms with Crippen LogP contribution in [0, 0.1) is 0 Å². The minimum absolute atomic E-state index is 0.250. The minimum atomic E-state index is -0.388. The Hall–Kier alpha value is -4.21. The highest BCUT2D eigenvalue weighted by atomic mass is 16.6. The Morgan fingerprint density at radius 1 is 0.838 bits per heavy atom. The van der Waals surface area contributed by atoms with E-state index < -0.39 is 0 Å². The predicted octanol–water partition coefficient (Wildman–Crippen LogP) is 3.32. The molecule has 0 radical (unpaired) electrons. The number of aromatic nitrogens is 1. The molecule has 1 aliphatic rings. The van der Waals surface area contributed by atoms with Crippen molar-refractivity contribution in [2.24, 2.45) is 0 Å². The van der Waals surface area contributed by atoms with Crippen LogP contribution in [0.25, 0.3) is 16.5 Å². The monoisotopic (exact) mass is 509 g/mol. The summed E-state index contributed by atoms with van der Waals surface area (Å²) in [6.07, 6.45) is 1.17. The van der Waals surface area contributed by atoms with Crippen LogP contribution >= 0.6 is 0 Å². The van der Waals surface area contributed by atoms with Crippen LogP contribution in [0.5, 0.6) is 17.2 Å². The Kier molecular flexibility index (Phi) is 7.86. The number of pyridine rings is 1. The summed E-state index contributed by atoms with van der Waals surface area (Å²) in [5, 5.41) is 0.783. The van der Waals surface area contributed by atoms with E-state index in [2.05, 4.69) is 0 Å². The quantitative estimate of drug-likeness (QED) is 0.482. The number of nitrogens with zero attached hydrogens (tertiary/aromatic N) is 3. The molecule has 2 aromatic carbocycles. The topological polar surface area (TPSA) is 99.5 Å². The van der Waals surface area contributed by atoms with E-state index in [1.54, 1.807) is 59.3 Å². The first-order chi connectivity index (χ1) is 17.9. The summed E-state index contributed by atoms with van der Waals surface area (Å²) in [4.78, 5) is 42.7. The second-order valence-corrected chi connectivity index (χ2v) is 8.38. The molecule has 0 spiro atoms. The number of carbonyl (C=O) groups excluding carboxylic acids is 2. The lowest BCUT2D eigenvalue weighted by molar-refractivity contribution is 0.0571. The van der Waals surface area contributed by atoms with Gasteiger partial charge in [-0.2, -0.15) is 0 Å². The zero-order valence-electron chi connectivity index (χ0n) is 21.5. The molecular formula is C27H31N3O7. The van der Waals surface area contributed by atoms with Gasteiger partial charge in [0.2, 0.25) is 0 Å². The second-order valence-electron chi connectivity index (χ2n) is 8.38. The van der Waals surface area contributed by atoms with Gasteiger partial charge >= 0.3 is 6.09 Å². The number of amides is 2. The van der Waals surface area contributed by atoms with Gasteiger partial charge in [-0.25, -0.2) is 4.79 Å². The Morgan fingerprint density at radius 3 is 2.00 bits per heavy atom. The number of fused-ring (bicyclic) bond motifs is 1. The summed E-state index contributed by atoms with van der Waals surface area (Å²) >= 11 is 0. The molecule has 1 saturated heterocycles. The maximum atomic E-state index is 13.8. The van der Waals surface area contributed by atoms with E-state index in [4.69, 9.17) is 18.9 Å². The first-order valence-electron chi connectivity index (χ1n) is 12.2. The van der Waals surface area contributed by atoms with E-state index in [1.807, 2.05) is 6.92 Å². The highest BCUT2D eigenvalue weighted by Crippen LogP contribution is 2.33. The number of hydrogen-bond donors (Lipinski definition) is 0. The zero-order chi connectivity index (χ0) is 26.5. The standard InChI is InChI=1S/C27H31N3O7/c1-5-36-19-9-7-18(8-10-19)30-17-22(20-15-23(34-3)24(35-4)16-21(20)26(30)32)25(31)28-11-13-29(14-12-28)27(33)37-6-2/h7-10,15-17H,5-6,11-14H2,1-4H3. The Balaban J connectivity index is 1.79. The van der Waals surface area contributed by atoms with E-state index in [0.29, 0.717) is 78.7 Å². The van der Waals surface area contributed by atoms with Crippen molar-refractivity contribution < 1.29 is 28.5 Å². The molecule has 10 heteroatoms. The fourth-order valence-electron chi connectivity index (χ4n) is 4.37. The first kappa shape index (κ1) is 25.9. The Bertz CT molecular complexity index is 1340. The highest BCUT2D eigenvalue weighted by Gasteiger charge is 2.28. The predicted molar refractivity (Wildman–Crippen MR) is 138 cm³/mol. The van der Waals surface area contributed by atoms with E-state index in [-0.39, 0.29) is 17.6 Å². The molecule has 4 rings (SSSR count). The van der Waals surface area contributed by atoms with Gasteiger partial charge in [-0.3, -0.25) is 14.2 Å². The highest BCUT2D eigenvalue weighted by molar-refractivity contribution is 6.07. The van der Waals surface area contributed by atoms with Crippen LogP contribution in [0.2, 0.25) is 0 Å². The van der Waals surface area contributed by atoms with Crippen LogP contribution < -0.4 is 19.8 Å². The molecule has 0 bridgehead atoms. The van der Waals surface area contributed by atoms with Gasteiger partial charge in [0.05, 0.1) is 38.4 Å². The van der Waals surface area contributed by atoms with Crippen molar-refractivity contribution in [3.8, 4) is 22.9 Å². The SMILES string of the molecule is CCOC(=O)N1CCN(C(=O)c2cn(-c3ccc(OCC)cc3)c(=O)c3cc(OC)c(OC)cc23)CC1. The molecule has 37 heavy (non-hydrogen) atoms. The first-order valence-corrected chi connectivity index (χ1v) is 12.2. The fourth-order valence-corrected chi connectivity index (χ4v) is 4.37. The third-order valence-electron chi connectivity index (χ3n) is 6.27. The molecule has 0 unspecified atom stereocenters. The Labute approximate surface area is 214 Å². The van der Waals surface area contributed by atoms with Crippen molar-refractivity contribution in [1.29, 1.82) is 0 Å². The second kappa shape index (κ2) is 11.2. The lowest BCUT2D eigenvalue weighted by Gasteiger charge is -2.34. The number of benzene rings is 2. The van der Waals surface area contributed by atoms with E-state index >= 15 is 0 Å². The van der Waals surface area contributed by atoms with Crippen molar-refractivity contribution in [2.75, 3.05) is 53.6 Å². The van der Waals surface area contributed by atoms with Gasteiger partial charge in [0, 0.05) is 43.4 Å². The number of piperazine rings is 1. The molecule has 196 valence electrons. The maximum Gasteiger partial charge on any atom is 0.409 e. The van der Waals surface area contributed by atoms with Gasteiger partial charge in [0.15, 0.2) is 11.5 Å². The number of hydrogen-bond acceptors (Lipinski definition) is 7. The number of ether oxygens (including phenoxy) is 4. The molecule has 1 aliphatic heterocycles. The molecule has 0 atom stereocenters. The van der Waals surface area contributed by atoms with Crippen LogP contribution in [0.1, 0.15) is 24.2 Å². The summed E-state index contributed by atoms with van der Waals surface area (Å²) < 4.78 is 22.9. The molecule has 2 amide bonds. The molecule has 0 N–H and O–H groups in total. The van der Waals surface area contributed by atoms with Crippen LogP contribution in [0.3, 0.4) is 0 Å². The summed E-state index contributed by atoms with van der Waals surface area (Å²) in [6.45, 7) is 5.88. The number of rotatable bonds is 7. The fraction of sp³-hybridized carbons (Fsp3) is 0.370. The van der Waals surface area contributed by atoms with Crippen molar-refractivity contribution >= 4 is 22.8 Å². The number of methoxy groups -OCH3 is 2. The average molecular weight is 510 g/mol. The van der Waals surface area contributed by atoms with Crippen molar-refractivity contribution in [2.45, 2.75) is 13.8 Å². The normalized spacial score (nSPS) is 13.4. The van der Waals surface area contributed by atoms with Gasteiger partial charge in [-0.1, -0.05) is 0 Å². The Morgan fingerprint density at radius 2 is 1.43 bits per heavy atom. The minimum Gasteiger partial charge on any atom is -0.494 e. The average Bonchev–Trinajstić information content (AvgIpc) is 2.93. The van der Waals surface area contributed by atoms with Gasteiger partial charge in [-0.15, -0.1) is 0 Å². The molecule has 2 heterocycles. The molecule has 10 nitrogen and oxygen atoms in total. The third-order valence-corrected chi connectivity index (χ3v) is 6.27. The van der Waals surface area contributed by atoms with Gasteiger partial charge in [-0.05, 0) is 50.2 Å². The molecule has 3 aromatic rings. The van der Waals surface area contributed by atoms with Crippen LogP contribution in [0.15, 0.2) is 47.4 Å². The van der Waals surface area contributed by atoms with Crippen LogP contribution in [-0.4, -0.2) is 80.0 Å². The maximum absolute atomic E-state index is 13.8. The summed E-state index contributed by atoms with van der Waals surface area (Å²) in [7, 11) is 2.99. The molecule has 1 fully saturated rings. The molecule has 1 aromatic heterocycles. The number of carbonyl (C=O) groups is 2. The molecule has 0 saturated carbocycles. The lowest BCUT2D eigenvalue weighted by atomic mass is 10.0. The van der Waals surface area contributed by atoms with Gasteiger partial charge in [0.25, 0.3) is 11.5 Å². The largest absolute Gasteiger partial charge is 0.494 e. The van der Waals surface area contributed by atoms with Crippen molar-refractivity contribution in [3.63, 3.8) is 0 Å². The van der Waals surface area contributed by atoms with Gasteiger partial charge < -0.3 is 28.7 Å². The molecule has 0 aliphatic carbocycles. The van der Waals surface area contributed by atoms with Crippen molar-refractivity contribution in [3.05, 3.63) is 58.5 Å². The van der Waals surface area contributed by atoms with Crippen LogP contribution in [-0.2, 0) is 4.74 Å². The third kappa shape index (κ3) is 5.18. The van der Waals surface area contributed by atoms with Crippen molar-refractivity contribution in [1.82, 2.24) is 14.4 Å². The lowest BCUT2D eigenvalue weighted by Crippen LogP contribution is -2.50. The molecular weight excluding hydrogens is 478 g/mol. The summed E-state index contributed by atoms with van der Waals surface area (Å²) in [5.41, 5.74) is 0.629. The zero-order valence-corrected chi connectivity index (χ0v) is 21.5.